The topological polar surface area (TPSA) is 87.0 Å². The van der Waals surface area contributed by atoms with Gasteiger partial charge in [0.2, 0.25) is 0 Å². The van der Waals surface area contributed by atoms with E-state index in [2.05, 4.69) is 21.2 Å². The molecule has 0 spiro atoms. The Labute approximate surface area is 179 Å². The summed E-state index contributed by atoms with van der Waals surface area (Å²) in [5.74, 6) is 0.210. The standard InChI is InChI=1S/C20H18BrNO6S/c1-4-27-20(24)17-12(11-5-6-13(25-2)15(9-11)26-3)10-29-19(17)22-18(23)14-7-8-16(21)28-14/h5-10H,4H2,1-3H3,(H,22,23). The molecule has 0 unspecified atom stereocenters. The Hall–Kier alpha value is -2.78. The lowest BCUT2D eigenvalue weighted by Crippen LogP contribution is -2.14. The Bertz CT molecular complexity index is 1040. The Balaban J connectivity index is 2.02. The largest absolute Gasteiger partial charge is 0.493 e. The van der Waals surface area contributed by atoms with Crippen LogP contribution in [0.15, 0.2) is 44.8 Å². The molecule has 3 rings (SSSR count). The van der Waals surface area contributed by atoms with Crippen molar-refractivity contribution in [1.82, 2.24) is 0 Å². The third-order valence-corrected chi connectivity index (χ3v) is 5.31. The molecule has 0 aliphatic rings. The maximum absolute atomic E-state index is 12.7. The number of anilines is 1. The van der Waals surface area contributed by atoms with Crippen LogP contribution in [0, 0.1) is 0 Å². The Morgan fingerprint density at radius 1 is 1.14 bits per heavy atom. The molecule has 2 aromatic heterocycles. The molecule has 9 heteroatoms. The molecule has 0 saturated heterocycles. The van der Waals surface area contributed by atoms with Crippen molar-refractivity contribution in [3.8, 4) is 22.6 Å². The first-order valence-corrected chi connectivity index (χ1v) is 10.2. The smallest absolute Gasteiger partial charge is 0.341 e. The molecule has 0 radical (unpaired) electrons. The highest BCUT2D eigenvalue weighted by Gasteiger charge is 2.24. The molecular weight excluding hydrogens is 462 g/mol. The Morgan fingerprint density at radius 3 is 2.52 bits per heavy atom. The van der Waals surface area contributed by atoms with Gasteiger partial charge in [-0.2, -0.15) is 0 Å². The lowest BCUT2D eigenvalue weighted by molar-refractivity contribution is 0.0529. The highest BCUT2D eigenvalue weighted by Crippen LogP contribution is 2.39. The van der Waals surface area contributed by atoms with Gasteiger partial charge in [-0.05, 0) is 52.7 Å². The number of furan rings is 1. The highest BCUT2D eigenvalue weighted by atomic mass is 79.9. The second-order valence-corrected chi connectivity index (χ2v) is 7.36. The van der Waals surface area contributed by atoms with Crippen molar-refractivity contribution in [3.63, 3.8) is 0 Å². The van der Waals surface area contributed by atoms with E-state index < -0.39 is 11.9 Å². The summed E-state index contributed by atoms with van der Waals surface area (Å²) in [6.45, 7) is 1.93. The molecule has 0 saturated carbocycles. The van der Waals surface area contributed by atoms with E-state index in [4.69, 9.17) is 18.6 Å². The maximum Gasteiger partial charge on any atom is 0.341 e. The van der Waals surface area contributed by atoms with Crippen LogP contribution in [-0.4, -0.2) is 32.7 Å². The van der Waals surface area contributed by atoms with Gasteiger partial charge >= 0.3 is 5.97 Å². The lowest BCUT2D eigenvalue weighted by atomic mass is 10.0. The molecule has 1 aromatic carbocycles. The van der Waals surface area contributed by atoms with Crippen LogP contribution in [0.3, 0.4) is 0 Å². The molecule has 29 heavy (non-hydrogen) atoms. The van der Waals surface area contributed by atoms with E-state index in [-0.39, 0.29) is 17.9 Å². The number of carbonyl (C=O) groups excluding carboxylic acids is 2. The number of thiophene rings is 1. The fraction of sp³-hybridized carbons (Fsp3) is 0.200. The quantitative estimate of drug-likeness (QED) is 0.467. The summed E-state index contributed by atoms with van der Waals surface area (Å²) in [7, 11) is 3.08. The Kier molecular flexibility index (Phi) is 6.60. The number of rotatable bonds is 7. The zero-order chi connectivity index (χ0) is 21.0. The van der Waals surface area contributed by atoms with Gasteiger partial charge in [0.25, 0.3) is 5.91 Å². The van der Waals surface area contributed by atoms with Crippen LogP contribution in [0.1, 0.15) is 27.8 Å². The first-order valence-electron chi connectivity index (χ1n) is 8.56. The van der Waals surface area contributed by atoms with E-state index in [1.807, 2.05) is 0 Å². The third kappa shape index (κ3) is 4.46. The van der Waals surface area contributed by atoms with E-state index in [1.165, 1.54) is 24.5 Å². The fourth-order valence-corrected chi connectivity index (χ4v) is 3.93. The minimum Gasteiger partial charge on any atom is -0.493 e. The molecule has 0 aliphatic carbocycles. The molecule has 7 nitrogen and oxygen atoms in total. The zero-order valence-electron chi connectivity index (χ0n) is 15.9. The summed E-state index contributed by atoms with van der Waals surface area (Å²) >= 11 is 4.38. The highest BCUT2D eigenvalue weighted by molar-refractivity contribution is 9.10. The zero-order valence-corrected chi connectivity index (χ0v) is 18.3. The molecule has 152 valence electrons. The summed E-state index contributed by atoms with van der Waals surface area (Å²) in [4.78, 5) is 25.1. The second kappa shape index (κ2) is 9.15. The number of amides is 1. The molecule has 0 aliphatic heterocycles. The van der Waals surface area contributed by atoms with Crippen LogP contribution in [0.5, 0.6) is 11.5 Å². The number of hydrogen-bond donors (Lipinski definition) is 1. The van der Waals surface area contributed by atoms with Crippen molar-refractivity contribution in [2.24, 2.45) is 0 Å². The lowest BCUT2D eigenvalue weighted by Gasteiger charge is -2.11. The number of esters is 1. The van der Waals surface area contributed by atoms with Crippen molar-refractivity contribution in [2.75, 3.05) is 26.1 Å². The maximum atomic E-state index is 12.7. The number of halogens is 1. The normalized spacial score (nSPS) is 10.5. The van der Waals surface area contributed by atoms with Gasteiger partial charge in [-0.3, -0.25) is 4.79 Å². The summed E-state index contributed by atoms with van der Waals surface area (Å²) in [6.07, 6.45) is 0. The van der Waals surface area contributed by atoms with Crippen molar-refractivity contribution < 1.29 is 28.2 Å². The summed E-state index contributed by atoms with van der Waals surface area (Å²) in [5, 5.41) is 4.87. The van der Waals surface area contributed by atoms with Crippen LogP contribution in [0.2, 0.25) is 0 Å². The first kappa shape index (κ1) is 20.9. The number of benzene rings is 1. The van der Waals surface area contributed by atoms with Gasteiger partial charge in [-0.15, -0.1) is 11.3 Å². The van der Waals surface area contributed by atoms with Gasteiger partial charge in [-0.1, -0.05) is 6.07 Å². The summed E-state index contributed by atoms with van der Waals surface area (Å²) in [5.41, 5.74) is 1.61. The van der Waals surface area contributed by atoms with E-state index in [1.54, 1.807) is 43.7 Å². The second-order valence-electron chi connectivity index (χ2n) is 5.70. The molecule has 1 amide bonds. The van der Waals surface area contributed by atoms with Crippen LogP contribution < -0.4 is 14.8 Å². The fourth-order valence-electron chi connectivity index (χ4n) is 2.67. The molecule has 3 aromatic rings. The Morgan fingerprint density at radius 2 is 1.90 bits per heavy atom. The molecule has 1 N–H and O–H groups in total. The monoisotopic (exact) mass is 479 g/mol. The first-order chi connectivity index (χ1) is 14.0. The third-order valence-electron chi connectivity index (χ3n) is 3.99. The molecular formula is C20H18BrNO6S. The van der Waals surface area contributed by atoms with Crippen molar-refractivity contribution >= 4 is 44.1 Å². The van der Waals surface area contributed by atoms with E-state index in [0.717, 1.165) is 5.56 Å². The van der Waals surface area contributed by atoms with Gasteiger partial charge in [-0.25, -0.2) is 4.79 Å². The van der Waals surface area contributed by atoms with Crippen LogP contribution in [-0.2, 0) is 4.74 Å². The number of nitrogens with one attached hydrogen (secondary N) is 1. The van der Waals surface area contributed by atoms with Gasteiger partial charge in [0, 0.05) is 10.9 Å². The number of ether oxygens (including phenoxy) is 3. The minimum absolute atomic E-state index is 0.118. The van der Waals surface area contributed by atoms with Crippen LogP contribution in [0.25, 0.3) is 11.1 Å². The average molecular weight is 480 g/mol. The van der Waals surface area contributed by atoms with Crippen molar-refractivity contribution in [3.05, 3.63) is 51.7 Å². The summed E-state index contributed by atoms with van der Waals surface area (Å²) < 4.78 is 21.5. The van der Waals surface area contributed by atoms with E-state index >= 15 is 0 Å². The van der Waals surface area contributed by atoms with Crippen LogP contribution in [0.4, 0.5) is 5.00 Å². The van der Waals surface area contributed by atoms with Crippen molar-refractivity contribution in [2.45, 2.75) is 6.92 Å². The van der Waals surface area contributed by atoms with Crippen molar-refractivity contribution in [1.29, 1.82) is 0 Å². The predicted octanol–water partition coefficient (Wildman–Crippen LogP) is 5.22. The van der Waals surface area contributed by atoms with E-state index in [0.29, 0.717) is 26.7 Å². The SMILES string of the molecule is CCOC(=O)c1c(-c2ccc(OC)c(OC)c2)csc1NC(=O)c1ccc(Br)o1. The number of hydrogen-bond acceptors (Lipinski definition) is 7. The summed E-state index contributed by atoms with van der Waals surface area (Å²) in [6, 6.07) is 8.47. The van der Waals surface area contributed by atoms with Gasteiger partial charge < -0.3 is 23.9 Å². The predicted molar refractivity (Wildman–Crippen MR) is 113 cm³/mol. The minimum atomic E-state index is -0.533. The number of methoxy groups -OCH3 is 2. The van der Waals surface area contributed by atoms with Gasteiger partial charge in [0.1, 0.15) is 10.6 Å². The van der Waals surface area contributed by atoms with E-state index in [9.17, 15) is 9.59 Å². The molecule has 0 fully saturated rings. The van der Waals surface area contributed by atoms with Gasteiger partial charge in [0.05, 0.1) is 20.8 Å². The molecule has 0 bridgehead atoms. The van der Waals surface area contributed by atoms with Gasteiger partial charge in [0.15, 0.2) is 21.9 Å². The number of carbonyl (C=O) groups is 2. The van der Waals surface area contributed by atoms with Crippen LogP contribution >= 0.6 is 27.3 Å². The molecule has 2 heterocycles. The average Bonchev–Trinajstić information content (AvgIpc) is 3.34. The molecule has 0 atom stereocenters.